The molecule has 3 atom stereocenters. The van der Waals surface area contributed by atoms with Gasteiger partial charge in [-0.1, -0.05) is 0 Å². The third-order valence-electron chi connectivity index (χ3n) is 6.88. The van der Waals surface area contributed by atoms with Crippen molar-refractivity contribution < 1.29 is 44.3 Å². The molecule has 0 saturated carbocycles. The van der Waals surface area contributed by atoms with E-state index in [9.17, 15) is 39.6 Å². The van der Waals surface area contributed by atoms with Gasteiger partial charge in [-0.05, 0) is 50.9 Å². The summed E-state index contributed by atoms with van der Waals surface area (Å²) in [6.07, 6.45) is -2.84. The van der Waals surface area contributed by atoms with E-state index in [0.29, 0.717) is 11.3 Å². The number of aliphatic hydroxyl groups excluding tert-OH is 3. The van der Waals surface area contributed by atoms with Gasteiger partial charge in [0.2, 0.25) is 5.78 Å². The van der Waals surface area contributed by atoms with Crippen molar-refractivity contribution in [2.45, 2.75) is 31.4 Å². The molecule has 38 heavy (non-hydrogen) atoms. The number of rotatable bonds is 4. The van der Waals surface area contributed by atoms with Crippen LogP contribution in [-0.2, 0) is 20.7 Å². The molecule has 0 bridgehead atoms. The molecule has 1 aromatic carbocycles. The molecule has 2 amide bonds. The average Bonchev–Trinajstić information content (AvgIpc) is 2.83. The van der Waals surface area contributed by atoms with Gasteiger partial charge in [-0.25, -0.2) is 4.79 Å². The van der Waals surface area contributed by atoms with Crippen LogP contribution in [0.3, 0.4) is 0 Å². The molecular formula is C25H32N4O9. The van der Waals surface area contributed by atoms with Gasteiger partial charge in [-0.3, -0.25) is 24.6 Å². The normalized spacial score (nSPS) is 25.9. The minimum Gasteiger partial charge on any atom is -0.510 e. The largest absolute Gasteiger partial charge is 0.510 e. The van der Waals surface area contributed by atoms with Crippen LogP contribution in [-0.4, -0.2) is 96.3 Å². The van der Waals surface area contributed by atoms with Crippen LogP contribution in [0, 0.1) is 5.92 Å². The fraction of sp³-hybridized carbons (Fsp3) is 0.440. The van der Waals surface area contributed by atoms with Crippen molar-refractivity contribution in [1.29, 1.82) is 0 Å². The van der Waals surface area contributed by atoms with Gasteiger partial charge < -0.3 is 35.8 Å². The smallest absolute Gasteiger partial charge is 0.411 e. The third-order valence-corrected chi connectivity index (χ3v) is 6.88. The van der Waals surface area contributed by atoms with Crippen LogP contribution in [0.25, 0.3) is 0 Å². The van der Waals surface area contributed by atoms with E-state index in [4.69, 9.17) is 5.73 Å². The number of hydrogen-bond acceptors (Lipinski definition) is 11. The molecule has 13 nitrogen and oxygen atoms in total. The number of Topliss-reactive ketones (excluding diaryl/α,β-unsaturated/α-hetero) is 2. The number of benzene rings is 1. The molecule has 0 fully saturated rings. The minimum atomic E-state index is -2.38. The lowest BCUT2D eigenvalue weighted by Crippen LogP contribution is -2.40. The van der Waals surface area contributed by atoms with Crippen molar-refractivity contribution in [3.63, 3.8) is 0 Å². The van der Waals surface area contributed by atoms with E-state index >= 15 is 0 Å². The zero-order valence-corrected chi connectivity index (χ0v) is 21.7. The number of nitrogens with zero attached hydrogens (tertiary/aromatic N) is 2. The van der Waals surface area contributed by atoms with Crippen LogP contribution in [0.5, 0.6) is 5.75 Å². The summed E-state index contributed by atoms with van der Waals surface area (Å²) < 4.78 is 4.59. The summed E-state index contributed by atoms with van der Waals surface area (Å²) in [5, 5.41) is 45.9. The predicted molar refractivity (Wildman–Crippen MR) is 136 cm³/mol. The number of anilines is 2. The van der Waals surface area contributed by atoms with Crippen molar-refractivity contribution >= 4 is 34.9 Å². The van der Waals surface area contributed by atoms with Crippen molar-refractivity contribution in [3.8, 4) is 5.75 Å². The lowest BCUT2D eigenvalue weighted by Gasteiger charge is -2.34. The molecule has 2 aliphatic carbocycles. The Balaban J connectivity index is 2.29. The SMILES string of the molecule is COC(=O)Nc1cc(N(C)C)c2c(c1O)C(=O)/C1=C(\O)[C@H](O)C(=O)/C(C(N)=O)=C(/O)[C@@H](N(C)C)CC[C@@H]1C2. The lowest BCUT2D eigenvalue weighted by molar-refractivity contribution is -0.126. The maximum Gasteiger partial charge on any atom is 0.411 e. The van der Waals surface area contributed by atoms with Gasteiger partial charge in [0.25, 0.3) is 5.91 Å². The van der Waals surface area contributed by atoms with Crippen LogP contribution < -0.4 is 16.0 Å². The summed E-state index contributed by atoms with van der Waals surface area (Å²) >= 11 is 0. The van der Waals surface area contributed by atoms with Crippen LogP contribution in [0.15, 0.2) is 28.7 Å². The Morgan fingerprint density at radius 3 is 2.24 bits per heavy atom. The number of ketones is 2. The molecule has 0 heterocycles. The number of nitrogens with one attached hydrogen (secondary N) is 1. The van der Waals surface area contributed by atoms with Gasteiger partial charge >= 0.3 is 6.09 Å². The summed E-state index contributed by atoms with van der Waals surface area (Å²) in [7, 11) is 7.75. The number of nitrogens with two attached hydrogens (primary N) is 1. The van der Waals surface area contributed by atoms with Crippen molar-refractivity contribution in [2.75, 3.05) is 45.5 Å². The number of carbonyl (C=O) groups excluding carboxylic acids is 4. The van der Waals surface area contributed by atoms with E-state index in [-0.39, 0.29) is 36.1 Å². The number of hydrogen-bond donors (Lipinski definition) is 6. The summed E-state index contributed by atoms with van der Waals surface area (Å²) in [5.74, 6) is -6.52. The monoisotopic (exact) mass is 532 g/mol. The summed E-state index contributed by atoms with van der Waals surface area (Å²) in [6, 6.07) is 0.613. The molecule has 0 radical (unpaired) electrons. The van der Waals surface area contributed by atoms with E-state index in [1.807, 2.05) is 0 Å². The molecule has 0 saturated heterocycles. The number of ether oxygens (including phenoxy) is 1. The maximum atomic E-state index is 13.8. The predicted octanol–water partition coefficient (Wildman–Crippen LogP) is 0.755. The summed E-state index contributed by atoms with van der Waals surface area (Å²) in [5.41, 5.74) is 4.69. The number of carbonyl (C=O) groups is 4. The van der Waals surface area contributed by atoms with Gasteiger partial charge in [0, 0.05) is 25.4 Å². The van der Waals surface area contributed by atoms with E-state index in [2.05, 4.69) is 10.1 Å². The first-order valence-corrected chi connectivity index (χ1v) is 11.7. The zero-order valence-electron chi connectivity index (χ0n) is 21.7. The molecule has 0 aliphatic heterocycles. The third kappa shape index (κ3) is 4.89. The standard InChI is InChI=1S/C25H32N4O9/c1-28(2)13-7-6-10-8-11-14(29(3)4)9-12(27-25(37)38-5)18(30)16(11)20(32)15(10)21(33)23(35)22(34)17(19(13)31)24(26)36/h9-10,13,23,30-31,33,35H,6-8H2,1-5H3,(H2,26,36)(H,27,37)/b19-17-,21-15-/t10-,13+,23+/m1/s1. The van der Waals surface area contributed by atoms with Gasteiger partial charge in [-0.2, -0.15) is 0 Å². The Bertz CT molecular complexity index is 1270. The fourth-order valence-corrected chi connectivity index (χ4v) is 4.99. The molecule has 0 aromatic heterocycles. The highest BCUT2D eigenvalue weighted by molar-refractivity contribution is 6.22. The number of phenolic OH excluding ortho intramolecular Hbond substituents is 1. The number of primary amides is 1. The number of amides is 2. The Labute approximate surface area is 218 Å². The number of aliphatic hydroxyl groups is 3. The molecule has 0 unspecified atom stereocenters. The topological polar surface area (TPSA) is 203 Å². The van der Waals surface area contributed by atoms with Crippen molar-refractivity contribution in [3.05, 3.63) is 39.9 Å². The van der Waals surface area contributed by atoms with Gasteiger partial charge in [0.05, 0.1) is 24.4 Å². The van der Waals surface area contributed by atoms with Crippen molar-refractivity contribution in [1.82, 2.24) is 4.90 Å². The molecule has 13 heteroatoms. The molecule has 7 N–H and O–H groups in total. The second-order valence-corrected chi connectivity index (χ2v) is 9.63. The van der Waals surface area contributed by atoms with Crippen LogP contribution in [0.4, 0.5) is 16.2 Å². The van der Waals surface area contributed by atoms with Crippen molar-refractivity contribution in [2.24, 2.45) is 11.7 Å². The number of allylic oxidation sites excluding steroid dienone is 1. The average molecular weight is 533 g/mol. The number of phenols is 1. The number of aromatic hydroxyl groups is 1. The molecule has 3 rings (SSSR count). The Morgan fingerprint density at radius 1 is 1.08 bits per heavy atom. The van der Waals surface area contributed by atoms with E-state index < -0.39 is 64.5 Å². The van der Waals surface area contributed by atoms with Crippen LogP contribution in [0.2, 0.25) is 0 Å². The van der Waals surface area contributed by atoms with Gasteiger partial charge in [0.15, 0.2) is 17.6 Å². The fourth-order valence-electron chi connectivity index (χ4n) is 4.99. The van der Waals surface area contributed by atoms with Crippen LogP contribution >= 0.6 is 0 Å². The Hall–Kier alpha value is -4.10. The summed E-state index contributed by atoms with van der Waals surface area (Å²) in [4.78, 5) is 54.0. The first-order valence-electron chi connectivity index (χ1n) is 11.7. The first-order chi connectivity index (χ1) is 17.7. The lowest BCUT2D eigenvalue weighted by atomic mass is 9.73. The Kier molecular flexibility index (Phi) is 8.03. The highest BCUT2D eigenvalue weighted by Gasteiger charge is 2.43. The molecule has 206 valence electrons. The van der Waals surface area contributed by atoms with Gasteiger partial charge in [-0.15, -0.1) is 0 Å². The molecule has 1 aromatic rings. The highest BCUT2D eigenvalue weighted by Crippen LogP contribution is 2.46. The quantitative estimate of drug-likeness (QED) is 0.236. The number of likely N-dealkylation sites (N-methyl/N-ethyl adjacent to an activating group) is 1. The number of fused-ring (bicyclic) bond motifs is 2. The van der Waals surface area contributed by atoms with E-state index in [0.717, 1.165) is 7.11 Å². The molecule has 0 spiro atoms. The minimum absolute atomic E-state index is 0.105. The number of methoxy groups -OCH3 is 1. The zero-order chi connectivity index (χ0) is 28.6. The molecule has 2 aliphatic rings. The van der Waals surface area contributed by atoms with Crippen LogP contribution in [0.1, 0.15) is 28.8 Å². The highest BCUT2D eigenvalue weighted by atomic mass is 16.5. The summed E-state index contributed by atoms with van der Waals surface area (Å²) in [6.45, 7) is 0. The second kappa shape index (κ2) is 10.7. The van der Waals surface area contributed by atoms with E-state index in [1.165, 1.54) is 6.07 Å². The molecular weight excluding hydrogens is 500 g/mol. The van der Waals surface area contributed by atoms with Gasteiger partial charge in [0.1, 0.15) is 17.1 Å². The second-order valence-electron chi connectivity index (χ2n) is 9.63. The maximum absolute atomic E-state index is 13.8. The first kappa shape index (κ1) is 28.5. The Morgan fingerprint density at radius 2 is 1.71 bits per heavy atom. The van der Waals surface area contributed by atoms with E-state index in [1.54, 1.807) is 38.0 Å².